The molecule has 1 heterocycles. The lowest BCUT2D eigenvalue weighted by molar-refractivity contribution is -0.123. The second kappa shape index (κ2) is 14.2. The zero-order chi connectivity index (χ0) is 26.6. The van der Waals surface area contributed by atoms with Crippen molar-refractivity contribution >= 4 is 16.9 Å². The van der Waals surface area contributed by atoms with E-state index in [2.05, 4.69) is 60.1 Å². The molecule has 0 radical (unpaired) electrons. The van der Waals surface area contributed by atoms with Crippen LogP contribution < -0.4 is 14.8 Å². The smallest absolute Gasteiger partial charge is 0.257 e. The summed E-state index contributed by atoms with van der Waals surface area (Å²) in [5.41, 5.74) is 4.63. The molecule has 1 amide bonds. The highest BCUT2D eigenvalue weighted by Gasteiger charge is 2.11. The molecule has 6 nitrogen and oxygen atoms in total. The summed E-state index contributed by atoms with van der Waals surface area (Å²) in [6.07, 6.45) is 5.97. The molecule has 0 atom stereocenters. The Bertz CT molecular complexity index is 1280. The lowest BCUT2D eigenvalue weighted by Crippen LogP contribution is -2.29. The average Bonchev–Trinajstić information content (AvgIpc) is 3.28. The monoisotopic (exact) mass is 513 g/mol. The maximum atomic E-state index is 12.0. The lowest BCUT2D eigenvalue weighted by Gasteiger charge is -2.13. The van der Waals surface area contributed by atoms with Gasteiger partial charge < -0.3 is 19.4 Å². The number of imidazole rings is 1. The Morgan fingerprint density at radius 2 is 1.58 bits per heavy atom. The SMILES string of the molecule is Cc1cccc(C)c1OCCCCn1c(CCCCCNC(=O)COc2ccccc2)nc2ccccc21. The topological polar surface area (TPSA) is 65.4 Å². The molecular weight excluding hydrogens is 474 g/mol. The Morgan fingerprint density at radius 3 is 2.39 bits per heavy atom. The minimum atomic E-state index is -0.0859. The van der Waals surface area contributed by atoms with Crippen molar-refractivity contribution in [3.8, 4) is 11.5 Å². The molecule has 0 saturated carbocycles. The van der Waals surface area contributed by atoms with E-state index in [1.54, 1.807) is 0 Å². The number of para-hydroxylation sites is 4. The molecule has 0 aliphatic carbocycles. The van der Waals surface area contributed by atoms with E-state index in [1.807, 2.05) is 36.4 Å². The molecule has 38 heavy (non-hydrogen) atoms. The second-order valence-corrected chi connectivity index (χ2v) is 9.71. The van der Waals surface area contributed by atoms with Gasteiger partial charge in [-0.2, -0.15) is 0 Å². The van der Waals surface area contributed by atoms with Crippen molar-refractivity contribution in [2.45, 2.75) is 58.9 Å². The number of hydrogen-bond acceptors (Lipinski definition) is 4. The number of rotatable bonds is 15. The molecule has 1 aromatic heterocycles. The molecule has 0 aliphatic rings. The largest absolute Gasteiger partial charge is 0.493 e. The van der Waals surface area contributed by atoms with Crippen molar-refractivity contribution in [3.05, 3.63) is 89.7 Å². The normalized spacial score (nSPS) is 11.0. The van der Waals surface area contributed by atoms with Crippen LogP contribution in [0.1, 0.15) is 49.1 Å². The van der Waals surface area contributed by atoms with Gasteiger partial charge in [-0.05, 0) is 74.9 Å². The third-order valence-corrected chi connectivity index (χ3v) is 6.68. The van der Waals surface area contributed by atoms with Crippen molar-refractivity contribution < 1.29 is 14.3 Å². The van der Waals surface area contributed by atoms with Gasteiger partial charge in [0.15, 0.2) is 6.61 Å². The summed E-state index contributed by atoms with van der Waals surface area (Å²) >= 11 is 0. The van der Waals surface area contributed by atoms with Gasteiger partial charge in [-0.3, -0.25) is 4.79 Å². The van der Waals surface area contributed by atoms with Crippen molar-refractivity contribution in [3.63, 3.8) is 0 Å². The van der Waals surface area contributed by atoms with Crippen LogP contribution in [-0.2, 0) is 17.8 Å². The molecule has 1 N–H and O–H groups in total. The van der Waals surface area contributed by atoms with Gasteiger partial charge in [0.05, 0.1) is 17.6 Å². The number of unbranched alkanes of at least 4 members (excludes halogenated alkanes) is 3. The molecule has 0 spiro atoms. The van der Waals surface area contributed by atoms with E-state index in [-0.39, 0.29) is 12.5 Å². The number of hydrogen-bond donors (Lipinski definition) is 1. The van der Waals surface area contributed by atoms with E-state index in [0.29, 0.717) is 12.3 Å². The fourth-order valence-electron chi connectivity index (χ4n) is 4.67. The number of carbonyl (C=O) groups is 1. The number of nitrogens with one attached hydrogen (secondary N) is 1. The summed E-state index contributed by atoms with van der Waals surface area (Å²) in [4.78, 5) is 16.9. The Balaban J connectivity index is 1.18. The number of fused-ring (bicyclic) bond motifs is 1. The number of nitrogens with zero attached hydrogens (tertiary/aromatic N) is 2. The molecule has 3 aromatic carbocycles. The van der Waals surface area contributed by atoms with Gasteiger partial charge in [0.1, 0.15) is 17.3 Å². The van der Waals surface area contributed by atoms with Crippen molar-refractivity contribution in [2.24, 2.45) is 0 Å². The van der Waals surface area contributed by atoms with Crippen LogP contribution in [0.2, 0.25) is 0 Å². The minimum Gasteiger partial charge on any atom is -0.493 e. The molecule has 0 saturated heterocycles. The number of aryl methyl sites for hydroxylation is 4. The number of ether oxygens (including phenoxy) is 2. The maximum Gasteiger partial charge on any atom is 0.257 e. The molecule has 0 fully saturated rings. The van der Waals surface area contributed by atoms with Crippen LogP contribution in [0.15, 0.2) is 72.8 Å². The average molecular weight is 514 g/mol. The standard InChI is InChI=1S/C32H39N3O3/c1-25-14-13-15-26(2)32(25)37-23-12-11-22-35-29-19-9-8-18-28(29)34-30(35)20-7-4-10-21-33-31(36)24-38-27-16-5-3-6-17-27/h3,5-6,8-9,13-19H,4,7,10-12,20-24H2,1-2H3,(H,33,36). The lowest BCUT2D eigenvalue weighted by atomic mass is 10.1. The van der Waals surface area contributed by atoms with Crippen molar-refractivity contribution in [2.75, 3.05) is 19.8 Å². The van der Waals surface area contributed by atoms with E-state index < -0.39 is 0 Å². The van der Waals surface area contributed by atoms with E-state index in [0.717, 1.165) is 68.8 Å². The van der Waals surface area contributed by atoms with Gasteiger partial charge in [0.2, 0.25) is 0 Å². The number of aromatic nitrogens is 2. The highest BCUT2D eigenvalue weighted by molar-refractivity contribution is 5.77. The van der Waals surface area contributed by atoms with Crippen LogP contribution in [0.3, 0.4) is 0 Å². The molecule has 4 aromatic rings. The van der Waals surface area contributed by atoms with Gasteiger partial charge in [-0.1, -0.05) is 55.0 Å². The highest BCUT2D eigenvalue weighted by atomic mass is 16.5. The first-order valence-electron chi connectivity index (χ1n) is 13.7. The first kappa shape index (κ1) is 27.2. The van der Waals surface area contributed by atoms with Crippen LogP contribution in [-0.4, -0.2) is 35.2 Å². The third-order valence-electron chi connectivity index (χ3n) is 6.68. The fraction of sp³-hybridized carbons (Fsp3) is 0.375. The van der Waals surface area contributed by atoms with E-state index >= 15 is 0 Å². The molecule has 0 unspecified atom stereocenters. The molecule has 0 bridgehead atoms. The molecule has 6 heteroatoms. The summed E-state index contributed by atoms with van der Waals surface area (Å²) < 4.78 is 14.0. The quantitative estimate of drug-likeness (QED) is 0.186. The molecule has 4 rings (SSSR count). The Morgan fingerprint density at radius 1 is 0.816 bits per heavy atom. The molecule has 200 valence electrons. The minimum absolute atomic E-state index is 0.0453. The Kier molecular flexibility index (Phi) is 10.2. The van der Waals surface area contributed by atoms with Crippen molar-refractivity contribution in [1.29, 1.82) is 0 Å². The zero-order valence-corrected chi connectivity index (χ0v) is 22.6. The first-order valence-corrected chi connectivity index (χ1v) is 13.7. The molecular formula is C32H39N3O3. The second-order valence-electron chi connectivity index (χ2n) is 9.71. The zero-order valence-electron chi connectivity index (χ0n) is 22.6. The highest BCUT2D eigenvalue weighted by Crippen LogP contribution is 2.23. The van der Waals surface area contributed by atoms with Gasteiger partial charge >= 0.3 is 0 Å². The van der Waals surface area contributed by atoms with Gasteiger partial charge in [-0.15, -0.1) is 0 Å². The van der Waals surface area contributed by atoms with Gasteiger partial charge in [0.25, 0.3) is 5.91 Å². The Hall–Kier alpha value is -3.80. The molecule has 0 aliphatic heterocycles. The van der Waals surface area contributed by atoms with Crippen LogP contribution in [0.4, 0.5) is 0 Å². The van der Waals surface area contributed by atoms with Crippen LogP contribution in [0.5, 0.6) is 11.5 Å². The number of carbonyl (C=O) groups excluding carboxylic acids is 1. The van der Waals surface area contributed by atoms with Crippen LogP contribution in [0, 0.1) is 13.8 Å². The predicted molar refractivity (Wildman–Crippen MR) is 153 cm³/mol. The van der Waals surface area contributed by atoms with E-state index in [4.69, 9.17) is 14.5 Å². The van der Waals surface area contributed by atoms with Gasteiger partial charge in [-0.25, -0.2) is 4.98 Å². The van der Waals surface area contributed by atoms with E-state index in [1.165, 1.54) is 16.6 Å². The van der Waals surface area contributed by atoms with E-state index in [9.17, 15) is 4.79 Å². The van der Waals surface area contributed by atoms with Crippen molar-refractivity contribution in [1.82, 2.24) is 14.9 Å². The predicted octanol–water partition coefficient (Wildman–Crippen LogP) is 6.42. The maximum absolute atomic E-state index is 12.0. The number of amides is 1. The summed E-state index contributed by atoms with van der Waals surface area (Å²) in [7, 11) is 0. The Labute approximate surface area is 226 Å². The summed E-state index contributed by atoms with van der Waals surface area (Å²) in [5.74, 6) is 2.78. The number of benzene rings is 3. The third kappa shape index (κ3) is 7.85. The summed E-state index contributed by atoms with van der Waals surface area (Å²) in [6, 6.07) is 24.0. The van der Waals surface area contributed by atoms with Gasteiger partial charge in [0, 0.05) is 19.5 Å². The van der Waals surface area contributed by atoms with Crippen LogP contribution in [0.25, 0.3) is 11.0 Å². The summed E-state index contributed by atoms with van der Waals surface area (Å²) in [6.45, 7) is 6.55. The fourth-order valence-corrected chi connectivity index (χ4v) is 4.67. The first-order chi connectivity index (χ1) is 18.6. The van der Waals surface area contributed by atoms with Crippen LogP contribution >= 0.6 is 0 Å². The summed E-state index contributed by atoms with van der Waals surface area (Å²) in [5, 5.41) is 2.95.